The van der Waals surface area contributed by atoms with Crippen LogP contribution in [0.3, 0.4) is 0 Å². The molecule has 0 saturated heterocycles. The van der Waals surface area contributed by atoms with E-state index in [1.54, 1.807) is 0 Å². The monoisotopic (exact) mass is 249 g/mol. The zero-order valence-corrected chi connectivity index (χ0v) is 11.7. The van der Waals surface area contributed by atoms with Gasteiger partial charge in [-0.05, 0) is 29.4 Å². The van der Waals surface area contributed by atoms with Crippen LogP contribution in [0.15, 0.2) is 24.3 Å². The maximum atomic E-state index is 11.2. The Hall–Kier alpha value is -1.35. The van der Waals surface area contributed by atoms with Crippen molar-refractivity contribution < 1.29 is 9.63 Å². The second-order valence-electron chi connectivity index (χ2n) is 5.53. The number of amides is 1. The molecular weight excluding hydrogens is 226 g/mol. The molecule has 0 aliphatic heterocycles. The fourth-order valence-electron chi connectivity index (χ4n) is 1.79. The maximum Gasteiger partial charge on any atom is 0.243 e. The third-order valence-corrected chi connectivity index (χ3v) is 2.91. The highest BCUT2D eigenvalue weighted by molar-refractivity contribution is 5.74. The standard InChI is InChI=1S/C15H23NO2/c1-15(2,3)13-10-8-12(9-11-13)6-5-7-14(17)16-18-4/h8-11H,5-7H2,1-4H3,(H,16,17). The Kier molecular flexibility index (Phi) is 5.35. The minimum absolute atomic E-state index is 0.0659. The zero-order valence-electron chi connectivity index (χ0n) is 11.7. The quantitative estimate of drug-likeness (QED) is 0.815. The van der Waals surface area contributed by atoms with E-state index in [9.17, 15) is 4.79 Å². The molecule has 1 aromatic carbocycles. The summed E-state index contributed by atoms with van der Waals surface area (Å²) in [5.41, 5.74) is 5.12. The summed E-state index contributed by atoms with van der Waals surface area (Å²) < 4.78 is 0. The van der Waals surface area contributed by atoms with Gasteiger partial charge in [-0.25, -0.2) is 5.48 Å². The van der Waals surface area contributed by atoms with Gasteiger partial charge in [0.25, 0.3) is 0 Å². The largest absolute Gasteiger partial charge is 0.277 e. The van der Waals surface area contributed by atoms with Gasteiger partial charge in [0.2, 0.25) is 5.91 Å². The molecule has 18 heavy (non-hydrogen) atoms. The van der Waals surface area contributed by atoms with Crippen LogP contribution in [0.5, 0.6) is 0 Å². The Morgan fingerprint density at radius 3 is 2.33 bits per heavy atom. The first-order chi connectivity index (χ1) is 8.43. The number of carbonyl (C=O) groups is 1. The fourth-order valence-corrected chi connectivity index (χ4v) is 1.79. The highest BCUT2D eigenvalue weighted by atomic mass is 16.6. The SMILES string of the molecule is CONC(=O)CCCc1ccc(C(C)(C)C)cc1. The molecule has 0 saturated carbocycles. The Morgan fingerprint density at radius 2 is 1.83 bits per heavy atom. The summed E-state index contributed by atoms with van der Waals surface area (Å²) in [6.45, 7) is 6.62. The van der Waals surface area contributed by atoms with Gasteiger partial charge in [0.05, 0.1) is 7.11 Å². The topological polar surface area (TPSA) is 38.3 Å². The van der Waals surface area contributed by atoms with Gasteiger partial charge in [-0.15, -0.1) is 0 Å². The first kappa shape index (κ1) is 14.7. The van der Waals surface area contributed by atoms with Crippen LogP contribution >= 0.6 is 0 Å². The molecule has 0 atom stereocenters. The Bertz CT molecular complexity index is 376. The molecule has 3 nitrogen and oxygen atoms in total. The third-order valence-electron chi connectivity index (χ3n) is 2.91. The van der Waals surface area contributed by atoms with Crippen LogP contribution in [0.1, 0.15) is 44.7 Å². The minimum Gasteiger partial charge on any atom is -0.277 e. The summed E-state index contributed by atoms with van der Waals surface area (Å²) in [6, 6.07) is 8.64. The van der Waals surface area contributed by atoms with Crippen molar-refractivity contribution in [1.82, 2.24) is 5.48 Å². The number of hydrogen-bond donors (Lipinski definition) is 1. The predicted octanol–water partition coefficient (Wildman–Crippen LogP) is 2.98. The number of nitrogens with one attached hydrogen (secondary N) is 1. The van der Waals surface area contributed by atoms with Crippen LogP contribution in [0, 0.1) is 0 Å². The van der Waals surface area contributed by atoms with E-state index in [4.69, 9.17) is 0 Å². The second-order valence-corrected chi connectivity index (χ2v) is 5.53. The summed E-state index contributed by atoms with van der Waals surface area (Å²) in [5, 5.41) is 0. The first-order valence-corrected chi connectivity index (χ1v) is 6.34. The van der Waals surface area contributed by atoms with Crippen LogP contribution in [-0.4, -0.2) is 13.0 Å². The minimum atomic E-state index is -0.0659. The van der Waals surface area contributed by atoms with Gasteiger partial charge in [-0.2, -0.15) is 0 Å². The van der Waals surface area contributed by atoms with Gasteiger partial charge < -0.3 is 0 Å². The van der Waals surface area contributed by atoms with Crippen LogP contribution in [0.2, 0.25) is 0 Å². The van der Waals surface area contributed by atoms with Crippen molar-refractivity contribution >= 4 is 5.91 Å². The van der Waals surface area contributed by atoms with Crippen molar-refractivity contribution in [3.05, 3.63) is 35.4 Å². The van der Waals surface area contributed by atoms with Crippen molar-refractivity contribution in [1.29, 1.82) is 0 Å². The molecule has 0 unspecified atom stereocenters. The summed E-state index contributed by atoms with van der Waals surface area (Å²) in [6.07, 6.45) is 2.25. The molecule has 0 bridgehead atoms. The van der Waals surface area contributed by atoms with Gasteiger partial charge in [0.1, 0.15) is 0 Å². The molecule has 0 aliphatic rings. The lowest BCUT2D eigenvalue weighted by molar-refractivity contribution is -0.131. The van der Waals surface area contributed by atoms with Crippen LogP contribution in [-0.2, 0) is 21.5 Å². The van der Waals surface area contributed by atoms with E-state index in [1.165, 1.54) is 18.2 Å². The lowest BCUT2D eigenvalue weighted by Crippen LogP contribution is -2.21. The molecule has 0 fully saturated rings. The van der Waals surface area contributed by atoms with Gasteiger partial charge in [0.15, 0.2) is 0 Å². The first-order valence-electron chi connectivity index (χ1n) is 6.34. The van der Waals surface area contributed by atoms with E-state index in [0.717, 1.165) is 12.8 Å². The van der Waals surface area contributed by atoms with Gasteiger partial charge in [0, 0.05) is 6.42 Å². The van der Waals surface area contributed by atoms with Crippen molar-refractivity contribution in [2.24, 2.45) is 0 Å². The van der Waals surface area contributed by atoms with Gasteiger partial charge >= 0.3 is 0 Å². The van der Waals surface area contributed by atoms with E-state index < -0.39 is 0 Å². The average Bonchev–Trinajstić information content (AvgIpc) is 2.29. The molecule has 0 aliphatic carbocycles. The summed E-state index contributed by atoms with van der Waals surface area (Å²) in [5.74, 6) is -0.0659. The average molecular weight is 249 g/mol. The number of rotatable bonds is 5. The molecule has 1 N–H and O–H groups in total. The third kappa shape index (κ3) is 4.88. The van der Waals surface area contributed by atoms with Crippen LogP contribution < -0.4 is 5.48 Å². The van der Waals surface area contributed by atoms with Crippen molar-refractivity contribution in [2.75, 3.05) is 7.11 Å². The van der Waals surface area contributed by atoms with E-state index in [2.05, 4.69) is 55.4 Å². The molecule has 100 valence electrons. The van der Waals surface area contributed by atoms with Crippen LogP contribution in [0.25, 0.3) is 0 Å². The normalized spacial score (nSPS) is 11.3. The molecule has 1 rings (SSSR count). The number of aryl methyl sites for hydroxylation is 1. The number of carbonyl (C=O) groups excluding carboxylic acids is 1. The lowest BCUT2D eigenvalue weighted by Gasteiger charge is -2.19. The number of benzene rings is 1. The molecule has 0 aromatic heterocycles. The molecule has 1 amide bonds. The van der Waals surface area contributed by atoms with E-state index in [-0.39, 0.29) is 11.3 Å². The summed E-state index contributed by atoms with van der Waals surface area (Å²) >= 11 is 0. The Balaban J connectivity index is 2.42. The van der Waals surface area contributed by atoms with E-state index in [0.29, 0.717) is 6.42 Å². The predicted molar refractivity (Wildman–Crippen MR) is 73.2 cm³/mol. The Morgan fingerprint density at radius 1 is 1.22 bits per heavy atom. The number of hydroxylamine groups is 1. The fraction of sp³-hybridized carbons (Fsp3) is 0.533. The molecule has 3 heteroatoms. The Labute approximate surface area is 109 Å². The van der Waals surface area contributed by atoms with E-state index >= 15 is 0 Å². The highest BCUT2D eigenvalue weighted by Crippen LogP contribution is 2.22. The molecule has 0 spiro atoms. The van der Waals surface area contributed by atoms with Gasteiger partial charge in [-0.1, -0.05) is 45.0 Å². The lowest BCUT2D eigenvalue weighted by atomic mass is 9.86. The highest BCUT2D eigenvalue weighted by Gasteiger charge is 2.12. The molecule has 1 aromatic rings. The smallest absolute Gasteiger partial charge is 0.243 e. The molecule has 0 radical (unpaired) electrons. The van der Waals surface area contributed by atoms with Crippen LogP contribution in [0.4, 0.5) is 0 Å². The molecule has 0 heterocycles. The van der Waals surface area contributed by atoms with Crippen molar-refractivity contribution in [2.45, 2.75) is 45.4 Å². The van der Waals surface area contributed by atoms with Crippen molar-refractivity contribution in [3.8, 4) is 0 Å². The van der Waals surface area contributed by atoms with Gasteiger partial charge in [-0.3, -0.25) is 9.63 Å². The maximum absolute atomic E-state index is 11.2. The van der Waals surface area contributed by atoms with Crippen molar-refractivity contribution in [3.63, 3.8) is 0 Å². The number of hydrogen-bond acceptors (Lipinski definition) is 2. The summed E-state index contributed by atoms with van der Waals surface area (Å²) in [4.78, 5) is 15.7. The zero-order chi connectivity index (χ0) is 13.6. The van der Waals surface area contributed by atoms with E-state index in [1.807, 2.05) is 0 Å². The summed E-state index contributed by atoms with van der Waals surface area (Å²) in [7, 11) is 1.45. The second kappa shape index (κ2) is 6.55. The molecular formula is C15H23NO2.